The van der Waals surface area contributed by atoms with E-state index in [1.807, 2.05) is 52.3 Å². The monoisotopic (exact) mass is 365 g/mol. The Morgan fingerprint density at radius 1 is 0.963 bits per heavy atom. The lowest BCUT2D eigenvalue weighted by atomic mass is 9.94. The summed E-state index contributed by atoms with van der Waals surface area (Å²) in [6, 6.07) is 14.0. The number of carbonyl (C=O) groups excluding carboxylic acids is 2. The van der Waals surface area contributed by atoms with E-state index in [1.165, 1.54) is 0 Å². The molecule has 0 aromatic heterocycles. The second-order valence-electron chi connectivity index (χ2n) is 7.66. The largest absolute Gasteiger partial charge is 0.339 e. The number of fused-ring (bicyclic) bond motifs is 1. The van der Waals surface area contributed by atoms with E-state index in [2.05, 4.69) is 0 Å². The maximum absolute atomic E-state index is 13.1. The van der Waals surface area contributed by atoms with Crippen LogP contribution in [0.3, 0.4) is 0 Å². The lowest BCUT2D eigenvalue weighted by molar-refractivity contribution is -0.137. The van der Waals surface area contributed by atoms with Gasteiger partial charge in [-0.2, -0.15) is 0 Å². The maximum Gasteiger partial charge on any atom is 0.254 e. The lowest BCUT2D eigenvalue weighted by Crippen LogP contribution is -2.47. The van der Waals surface area contributed by atoms with Gasteiger partial charge in [-0.15, -0.1) is 0 Å². The van der Waals surface area contributed by atoms with Crippen molar-refractivity contribution in [1.82, 2.24) is 9.80 Å². The summed E-state index contributed by atoms with van der Waals surface area (Å²) in [4.78, 5) is 29.8. The topological polar surface area (TPSA) is 66.6 Å². The van der Waals surface area contributed by atoms with Crippen LogP contribution in [0.5, 0.6) is 0 Å². The van der Waals surface area contributed by atoms with E-state index in [-0.39, 0.29) is 23.8 Å². The van der Waals surface area contributed by atoms with Gasteiger partial charge in [0.25, 0.3) is 5.91 Å². The van der Waals surface area contributed by atoms with E-state index in [9.17, 15) is 9.59 Å². The molecule has 0 aliphatic carbocycles. The third kappa shape index (κ3) is 3.44. The van der Waals surface area contributed by atoms with Crippen molar-refractivity contribution >= 4 is 22.6 Å². The highest BCUT2D eigenvalue weighted by atomic mass is 16.2. The quantitative estimate of drug-likeness (QED) is 0.909. The van der Waals surface area contributed by atoms with Crippen molar-refractivity contribution in [1.29, 1.82) is 0 Å². The number of nitrogens with two attached hydrogens (primary N) is 1. The third-order valence-electron chi connectivity index (χ3n) is 6.08. The number of piperidine rings is 1. The van der Waals surface area contributed by atoms with Gasteiger partial charge in [-0.05, 0) is 42.5 Å². The van der Waals surface area contributed by atoms with Crippen LogP contribution in [0.4, 0.5) is 0 Å². The van der Waals surface area contributed by atoms with Crippen molar-refractivity contribution < 1.29 is 9.59 Å². The number of carbonyl (C=O) groups is 2. The van der Waals surface area contributed by atoms with Gasteiger partial charge in [0, 0.05) is 43.7 Å². The minimum absolute atomic E-state index is 0.0220. The minimum atomic E-state index is 0.0220. The van der Waals surface area contributed by atoms with E-state index in [1.54, 1.807) is 0 Å². The van der Waals surface area contributed by atoms with Gasteiger partial charge >= 0.3 is 0 Å². The maximum atomic E-state index is 13.1. The number of hydrogen-bond acceptors (Lipinski definition) is 3. The molecule has 0 bridgehead atoms. The first kappa shape index (κ1) is 18.0. The van der Waals surface area contributed by atoms with E-state index >= 15 is 0 Å². The number of hydrogen-bond donors (Lipinski definition) is 1. The van der Waals surface area contributed by atoms with Crippen LogP contribution in [0.2, 0.25) is 0 Å². The first-order valence-electron chi connectivity index (χ1n) is 9.96. The molecule has 2 fully saturated rings. The first-order chi connectivity index (χ1) is 13.2. The summed E-state index contributed by atoms with van der Waals surface area (Å²) in [5.74, 6) is 0.327. The molecule has 0 radical (unpaired) electrons. The number of rotatable bonds is 3. The molecule has 4 rings (SSSR count). The third-order valence-corrected chi connectivity index (χ3v) is 6.08. The van der Waals surface area contributed by atoms with Gasteiger partial charge in [0.05, 0.1) is 0 Å². The minimum Gasteiger partial charge on any atom is -0.339 e. The zero-order valence-electron chi connectivity index (χ0n) is 15.6. The molecule has 1 atom stereocenters. The summed E-state index contributed by atoms with van der Waals surface area (Å²) in [7, 11) is 0. The Hall–Kier alpha value is -2.40. The van der Waals surface area contributed by atoms with Crippen molar-refractivity contribution in [2.24, 2.45) is 11.7 Å². The molecular formula is C22H27N3O2. The molecule has 2 heterocycles. The Bertz CT molecular complexity index is 837. The SMILES string of the molecule is NCC1CCCN1C(=O)C1CCN(C(=O)c2cccc3ccccc23)CC1. The van der Waals surface area contributed by atoms with Crippen LogP contribution in [0.15, 0.2) is 42.5 Å². The van der Waals surface area contributed by atoms with Crippen molar-refractivity contribution in [3.63, 3.8) is 0 Å². The summed E-state index contributed by atoms with van der Waals surface area (Å²) in [6.07, 6.45) is 3.54. The van der Waals surface area contributed by atoms with Crippen LogP contribution in [-0.2, 0) is 4.79 Å². The molecule has 0 spiro atoms. The molecule has 2 aliphatic rings. The predicted octanol–water partition coefficient (Wildman–Crippen LogP) is 2.64. The Kier molecular flexibility index (Phi) is 5.12. The summed E-state index contributed by atoms with van der Waals surface area (Å²) >= 11 is 0. The van der Waals surface area contributed by atoms with Gasteiger partial charge < -0.3 is 15.5 Å². The smallest absolute Gasteiger partial charge is 0.254 e. The Morgan fingerprint density at radius 2 is 1.70 bits per heavy atom. The summed E-state index contributed by atoms with van der Waals surface area (Å²) in [6.45, 7) is 2.65. The highest BCUT2D eigenvalue weighted by molar-refractivity contribution is 6.07. The van der Waals surface area contributed by atoms with Gasteiger partial charge in [0.1, 0.15) is 0 Å². The van der Waals surface area contributed by atoms with Gasteiger partial charge in [-0.1, -0.05) is 36.4 Å². The van der Waals surface area contributed by atoms with Gasteiger partial charge in [-0.3, -0.25) is 9.59 Å². The van der Waals surface area contributed by atoms with Gasteiger partial charge in [0.15, 0.2) is 0 Å². The second kappa shape index (κ2) is 7.69. The summed E-state index contributed by atoms with van der Waals surface area (Å²) in [5, 5.41) is 2.07. The van der Waals surface area contributed by atoms with Crippen molar-refractivity contribution in [2.75, 3.05) is 26.2 Å². The van der Waals surface area contributed by atoms with Crippen LogP contribution < -0.4 is 5.73 Å². The Morgan fingerprint density at radius 3 is 2.48 bits per heavy atom. The average molecular weight is 365 g/mol. The van der Waals surface area contributed by atoms with Crippen LogP contribution >= 0.6 is 0 Å². The highest BCUT2D eigenvalue weighted by Gasteiger charge is 2.35. The fourth-order valence-electron chi connectivity index (χ4n) is 4.52. The fraction of sp³-hybridized carbons (Fsp3) is 0.455. The van der Waals surface area contributed by atoms with Gasteiger partial charge in [0.2, 0.25) is 5.91 Å². The lowest BCUT2D eigenvalue weighted by Gasteiger charge is -2.35. The van der Waals surface area contributed by atoms with Crippen molar-refractivity contribution in [3.05, 3.63) is 48.0 Å². The van der Waals surface area contributed by atoms with Gasteiger partial charge in [-0.25, -0.2) is 0 Å². The zero-order chi connectivity index (χ0) is 18.8. The molecule has 27 heavy (non-hydrogen) atoms. The standard InChI is InChI=1S/C22H27N3O2/c23-15-18-7-4-12-25(18)21(26)17-10-13-24(14-11-17)22(27)20-9-3-6-16-5-1-2-8-19(16)20/h1-3,5-6,8-9,17-18H,4,7,10-15,23H2. The van der Waals surface area contributed by atoms with Crippen LogP contribution in [0.25, 0.3) is 10.8 Å². The van der Waals surface area contributed by atoms with Crippen molar-refractivity contribution in [2.45, 2.75) is 31.7 Å². The Balaban J connectivity index is 1.43. The molecular weight excluding hydrogens is 338 g/mol. The highest BCUT2D eigenvalue weighted by Crippen LogP contribution is 2.27. The molecule has 2 aromatic carbocycles. The summed E-state index contributed by atoms with van der Waals surface area (Å²) < 4.78 is 0. The number of benzene rings is 2. The van der Waals surface area contributed by atoms with Crippen molar-refractivity contribution in [3.8, 4) is 0 Å². The average Bonchev–Trinajstić information content (AvgIpc) is 3.21. The Labute approximate surface area is 160 Å². The van der Waals surface area contributed by atoms with Crippen LogP contribution in [0.1, 0.15) is 36.0 Å². The molecule has 2 aromatic rings. The number of nitrogens with zero attached hydrogens (tertiary/aromatic N) is 2. The van der Waals surface area contributed by atoms with E-state index in [0.717, 1.165) is 48.6 Å². The van der Waals surface area contributed by atoms with E-state index in [0.29, 0.717) is 19.6 Å². The van der Waals surface area contributed by atoms with Crippen LogP contribution in [-0.4, -0.2) is 53.8 Å². The molecule has 5 heteroatoms. The molecule has 2 N–H and O–H groups in total. The van der Waals surface area contributed by atoms with E-state index < -0.39 is 0 Å². The second-order valence-corrected chi connectivity index (χ2v) is 7.66. The number of amides is 2. The summed E-state index contributed by atoms with van der Waals surface area (Å²) in [5.41, 5.74) is 6.57. The molecule has 0 saturated carbocycles. The normalized spacial score (nSPS) is 21.0. The molecule has 5 nitrogen and oxygen atoms in total. The van der Waals surface area contributed by atoms with E-state index in [4.69, 9.17) is 5.73 Å². The van der Waals surface area contributed by atoms with Crippen LogP contribution in [0, 0.1) is 5.92 Å². The molecule has 142 valence electrons. The molecule has 1 unspecified atom stereocenters. The predicted molar refractivity (Wildman–Crippen MR) is 106 cm³/mol. The molecule has 2 aliphatic heterocycles. The first-order valence-corrected chi connectivity index (χ1v) is 9.96. The fourth-order valence-corrected chi connectivity index (χ4v) is 4.52. The molecule has 2 saturated heterocycles. The molecule has 2 amide bonds. The zero-order valence-corrected chi connectivity index (χ0v) is 15.6. The number of likely N-dealkylation sites (tertiary alicyclic amines) is 2.